The molecule has 0 bridgehead atoms. The van der Waals surface area contributed by atoms with Crippen LogP contribution in [0.15, 0.2) is 42.5 Å². The number of nitrogens with one attached hydrogen (secondary N) is 2. The smallest absolute Gasteiger partial charge is 0.284 e. The fraction of sp³-hybridized carbons (Fsp3) is 0.158. The van der Waals surface area contributed by atoms with Crippen LogP contribution in [0.25, 0.3) is 10.1 Å². The van der Waals surface area contributed by atoms with Gasteiger partial charge < -0.3 is 14.8 Å². The molecule has 0 saturated carbocycles. The van der Waals surface area contributed by atoms with E-state index in [0.29, 0.717) is 22.1 Å². The Bertz CT molecular complexity index is 999. The van der Waals surface area contributed by atoms with E-state index in [2.05, 4.69) is 5.32 Å². The van der Waals surface area contributed by atoms with E-state index in [1.807, 2.05) is 12.1 Å². The number of anilines is 1. The van der Waals surface area contributed by atoms with Crippen molar-refractivity contribution in [3.63, 3.8) is 0 Å². The molecular formula is C19H18N2O5S. The van der Waals surface area contributed by atoms with Crippen LogP contribution >= 0.6 is 11.3 Å². The monoisotopic (exact) mass is 386 g/mol. The molecular weight excluding hydrogens is 368 g/mol. The van der Waals surface area contributed by atoms with Gasteiger partial charge in [0.05, 0.1) is 25.5 Å². The molecule has 1 aromatic heterocycles. The van der Waals surface area contributed by atoms with Crippen molar-refractivity contribution < 1.29 is 24.3 Å². The lowest BCUT2D eigenvalue weighted by molar-refractivity contribution is -0.115. The summed E-state index contributed by atoms with van der Waals surface area (Å²) in [5.41, 5.74) is 3.04. The molecule has 3 aromatic rings. The predicted octanol–water partition coefficient (Wildman–Crippen LogP) is 3.22. The van der Waals surface area contributed by atoms with Gasteiger partial charge in [0.1, 0.15) is 0 Å². The van der Waals surface area contributed by atoms with Gasteiger partial charge in [0, 0.05) is 10.4 Å². The summed E-state index contributed by atoms with van der Waals surface area (Å²) in [6.45, 7) is 0. The van der Waals surface area contributed by atoms with Crippen molar-refractivity contribution in [2.45, 2.75) is 6.42 Å². The van der Waals surface area contributed by atoms with Crippen molar-refractivity contribution in [2.24, 2.45) is 0 Å². The van der Waals surface area contributed by atoms with E-state index in [4.69, 9.17) is 14.7 Å². The number of methoxy groups -OCH3 is 2. The molecule has 8 heteroatoms. The first-order valence-electron chi connectivity index (χ1n) is 8.03. The van der Waals surface area contributed by atoms with E-state index < -0.39 is 5.91 Å². The van der Waals surface area contributed by atoms with Crippen LogP contribution in [0, 0.1) is 0 Å². The van der Waals surface area contributed by atoms with Crippen LogP contribution in [0.5, 0.6) is 11.5 Å². The molecule has 2 amide bonds. The Kier molecular flexibility index (Phi) is 5.58. The first kappa shape index (κ1) is 18.7. The number of amides is 2. The number of hydroxylamine groups is 1. The average molecular weight is 386 g/mol. The van der Waals surface area contributed by atoms with Crippen LogP contribution in [-0.2, 0) is 11.2 Å². The van der Waals surface area contributed by atoms with Crippen LogP contribution in [-0.4, -0.2) is 31.2 Å². The van der Waals surface area contributed by atoms with E-state index in [1.165, 1.54) is 11.3 Å². The maximum atomic E-state index is 12.4. The summed E-state index contributed by atoms with van der Waals surface area (Å²) in [5.74, 6) is 0.435. The number of hydrogen-bond donors (Lipinski definition) is 3. The Morgan fingerprint density at radius 1 is 1.04 bits per heavy atom. The first-order chi connectivity index (χ1) is 13.0. The number of carbonyl (C=O) groups is 2. The second-order valence-electron chi connectivity index (χ2n) is 5.72. The molecule has 140 valence electrons. The highest BCUT2D eigenvalue weighted by Crippen LogP contribution is 2.29. The van der Waals surface area contributed by atoms with Crippen molar-refractivity contribution in [3.05, 3.63) is 52.9 Å². The number of fused-ring (bicyclic) bond motifs is 1. The highest BCUT2D eigenvalue weighted by Gasteiger charge is 2.12. The first-order valence-corrected chi connectivity index (χ1v) is 8.84. The second-order valence-corrected chi connectivity index (χ2v) is 6.80. The lowest BCUT2D eigenvalue weighted by Gasteiger charge is -2.10. The van der Waals surface area contributed by atoms with Crippen molar-refractivity contribution >= 4 is 38.9 Å². The number of ether oxygens (including phenoxy) is 2. The molecule has 0 aliphatic heterocycles. The van der Waals surface area contributed by atoms with Gasteiger partial charge in [-0.1, -0.05) is 6.07 Å². The summed E-state index contributed by atoms with van der Waals surface area (Å²) in [6.07, 6.45) is 0.181. The molecule has 3 N–H and O–H groups in total. The lowest BCUT2D eigenvalue weighted by Crippen LogP contribution is -2.16. The van der Waals surface area contributed by atoms with E-state index in [0.717, 1.165) is 15.6 Å². The lowest BCUT2D eigenvalue weighted by atomic mass is 10.1. The number of rotatable bonds is 6. The van der Waals surface area contributed by atoms with Crippen LogP contribution in [0.1, 0.15) is 15.2 Å². The van der Waals surface area contributed by atoms with Crippen LogP contribution in [0.3, 0.4) is 0 Å². The quantitative estimate of drug-likeness (QED) is 0.446. The van der Waals surface area contributed by atoms with Gasteiger partial charge in [0.2, 0.25) is 5.91 Å². The van der Waals surface area contributed by atoms with Gasteiger partial charge in [0.15, 0.2) is 11.5 Å². The van der Waals surface area contributed by atoms with Gasteiger partial charge >= 0.3 is 0 Å². The Morgan fingerprint density at radius 3 is 2.52 bits per heavy atom. The van der Waals surface area contributed by atoms with E-state index >= 15 is 0 Å². The minimum absolute atomic E-state index is 0.176. The highest BCUT2D eigenvalue weighted by molar-refractivity contribution is 7.20. The fourth-order valence-electron chi connectivity index (χ4n) is 2.67. The summed E-state index contributed by atoms with van der Waals surface area (Å²) in [7, 11) is 3.10. The molecule has 0 spiro atoms. The molecule has 27 heavy (non-hydrogen) atoms. The molecule has 0 aliphatic carbocycles. The Hall–Kier alpha value is -3.10. The van der Waals surface area contributed by atoms with Gasteiger partial charge in [-0.15, -0.1) is 11.3 Å². The number of hydrogen-bond acceptors (Lipinski definition) is 6. The molecule has 0 fully saturated rings. The van der Waals surface area contributed by atoms with Crippen LogP contribution in [0.2, 0.25) is 0 Å². The summed E-state index contributed by atoms with van der Waals surface area (Å²) >= 11 is 1.26. The molecule has 0 unspecified atom stereocenters. The van der Waals surface area contributed by atoms with Crippen molar-refractivity contribution in [3.8, 4) is 11.5 Å². The second kappa shape index (κ2) is 8.07. The van der Waals surface area contributed by atoms with Gasteiger partial charge in [-0.3, -0.25) is 14.8 Å². The molecule has 3 rings (SSSR count). The zero-order valence-corrected chi connectivity index (χ0v) is 15.6. The number of carbonyl (C=O) groups excluding carboxylic acids is 2. The molecule has 0 radical (unpaired) electrons. The number of thiophene rings is 1. The van der Waals surface area contributed by atoms with Crippen molar-refractivity contribution in [1.82, 2.24) is 5.48 Å². The van der Waals surface area contributed by atoms with Gasteiger partial charge in [-0.05, 0) is 47.3 Å². The third-order valence-electron chi connectivity index (χ3n) is 3.94. The normalized spacial score (nSPS) is 10.5. The number of benzene rings is 2. The molecule has 0 atom stereocenters. The summed E-state index contributed by atoms with van der Waals surface area (Å²) < 4.78 is 11.3. The Labute approximate surface area is 159 Å². The molecule has 0 aliphatic rings. The van der Waals surface area contributed by atoms with Crippen molar-refractivity contribution in [1.29, 1.82) is 0 Å². The highest BCUT2D eigenvalue weighted by atomic mass is 32.1. The largest absolute Gasteiger partial charge is 0.493 e. The third kappa shape index (κ3) is 4.18. The molecule has 0 saturated heterocycles. The minimum Gasteiger partial charge on any atom is -0.493 e. The van der Waals surface area contributed by atoms with Gasteiger partial charge in [-0.2, -0.15) is 0 Å². The Morgan fingerprint density at radius 2 is 1.81 bits per heavy atom. The van der Waals surface area contributed by atoms with Crippen molar-refractivity contribution in [2.75, 3.05) is 19.5 Å². The van der Waals surface area contributed by atoms with E-state index in [-0.39, 0.29) is 12.3 Å². The zero-order chi connectivity index (χ0) is 19.4. The van der Waals surface area contributed by atoms with Gasteiger partial charge in [-0.25, -0.2) is 5.48 Å². The standard InChI is InChI=1S/C19H18N2O5S/c1-25-14-5-3-11(7-15(14)26-2)8-18(22)20-13-4-6-16-12(9-13)10-17(27-16)19(23)21-24/h3-7,9-10,24H,8H2,1-2H3,(H,20,22)(H,21,23). The molecule has 1 heterocycles. The fourth-order valence-corrected chi connectivity index (χ4v) is 3.60. The molecule has 2 aromatic carbocycles. The average Bonchev–Trinajstić information content (AvgIpc) is 3.10. The third-order valence-corrected chi connectivity index (χ3v) is 5.05. The summed E-state index contributed by atoms with van der Waals surface area (Å²) in [4.78, 5) is 24.3. The van der Waals surface area contributed by atoms with Gasteiger partial charge in [0.25, 0.3) is 5.91 Å². The zero-order valence-electron chi connectivity index (χ0n) is 14.7. The summed E-state index contributed by atoms with van der Waals surface area (Å²) in [6, 6.07) is 12.4. The molecule has 7 nitrogen and oxygen atoms in total. The Balaban J connectivity index is 1.73. The summed E-state index contributed by atoms with van der Waals surface area (Å²) in [5, 5.41) is 12.4. The maximum absolute atomic E-state index is 12.4. The van der Waals surface area contributed by atoms with Crippen LogP contribution in [0.4, 0.5) is 5.69 Å². The minimum atomic E-state index is -0.560. The van der Waals surface area contributed by atoms with Crippen LogP contribution < -0.4 is 20.3 Å². The predicted molar refractivity (Wildman–Crippen MR) is 103 cm³/mol. The SMILES string of the molecule is COc1ccc(CC(=O)Nc2ccc3sc(C(=O)NO)cc3c2)cc1OC. The topological polar surface area (TPSA) is 96.9 Å². The maximum Gasteiger partial charge on any atom is 0.284 e. The van der Waals surface area contributed by atoms with E-state index in [9.17, 15) is 9.59 Å². The van der Waals surface area contributed by atoms with E-state index in [1.54, 1.807) is 50.0 Å².